The maximum atomic E-state index is 9.96. The standard InChI is InChI=1S/C12H15BrO2/c1-15-12-5-4-9(7-10(12)13)11(14)6-8-2-3-8/h4-5,7-8,11,14H,2-3,6H2,1H3. The van der Waals surface area contributed by atoms with Crippen molar-refractivity contribution in [1.82, 2.24) is 0 Å². The van der Waals surface area contributed by atoms with Crippen LogP contribution in [0.1, 0.15) is 30.9 Å². The van der Waals surface area contributed by atoms with Crippen LogP contribution in [-0.4, -0.2) is 12.2 Å². The molecule has 82 valence electrons. The summed E-state index contributed by atoms with van der Waals surface area (Å²) in [6, 6.07) is 5.75. The predicted octanol–water partition coefficient (Wildman–Crippen LogP) is 3.29. The van der Waals surface area contributed by atoms with E-state index in [9.17, 15) is 5.11 Å². The molecule has 1 aromatic carbocycles. The van der Waals surface area contributed by atoms with E-state index in [2.05, 4.69) is 15.9 Å². The second kappa shape index (κ2) is 4.54. The number of aliphatic hydroxyl groups is 1. The lowest BCUT2D eigenvalue weighted by Crippen LogP contribution is -1.98. The van der Waals surface area contributed by atoms with Crippen molar-refractivity contribution in [3.63, 3.8) is 0 Å². The summed E-state index contributed by atoms with van der Waals surface area (Å²) in [5, 5.41) is 9.96. The molecule has 0 spiro atoms. The van der Waals surface area contributed by atoms with E-state index in [1.165, 1.54) is 12.8 Å². The number of rotatable bonds is 4. The number of methoxy groups -OCH3 is 1. The molecule has 0 radical (unpaired) electrons. The Morgan fingerprint density at radius 3 is 2.80 bits per heavy atom. The molecule has 1 saturated carbocycles. The quantitative estimate of drug-likeness (QED) is 0.910. The van der Waals surface area contributed by atoms with Crippen molar-refractivity contribution < 1.29 is 9.84 Å². The van der Waals surface area contributed by atoms with E-state index >= 15 is 0 Å². The summed E-state index contributed by atoms with van der Waals surface area (Å²) < 4.78 is 6.04. The van der Waals surface area contributed by atoms with Crippen LogP contribution in [0, 0.1) is 5.92 Å². The minimum atomic E-state index is -0.334. The molecule has 0 aromatic heterocycles. The average molecular weight is 271 g/mol. The highest BCUT2D eigenvalue weighted by Crippen LogP contribution is 2.38. The molecule has 0 saturated heterocycles. The first-order chi connectivity index (χ1) is 7.20. The third-order valence-corrected chi connectivity index (χ3v) is 3.43. The van der Waals surface area contributed by atoms with Gasteiger partial charge in [0.1, 0.15) is 5.75 Å². The van der Waals surface area contributed by atoms with Crippen molar-refractivity contribution in [1.29, 1.82) is 0 Å². The van der Waals surface area contributed by atoms with E-state index in [0.29, 0.717) is 0 Å². The predicted molar refractivity (Wildman–Crippen MR) is 63.0 cm³/mol. The molecule has 2 rings (SSSR count). The van der Waals surface area contributed by atoms with E-state index in [1.54, 1.807) is 7.11 Å². The highest BCUT2D eigenvalue weighted by molar-refractivity contribution is 9.10. The zero-order valence-electron chi connectivity index (χ0n) is 8.74. The lowest BCUT2D eigenvalue weighted by molar-refractivity contribution is 0.160. The highest BCUT2D eigenvalue weighted by Gasteiger charge is 2.25. The Bertz CT molecular complexity index is 347. The maximum absolute atomic E-state index is 9.96. The summed E-state index contributed by atoms with van der Waals surface area (Å²) in [5.41, 5.74) is 0.967. The molecule has 0 bridgehead atoms. The number of aliphatic hydroxyl groups excluding tert-OH is 1. The Balaban J connectivity index is 2.09. The van der Waals surface area contributed by atoms with E-state index in [1.807, 2.05) is 18.2 Å². The second-order valence-electron chi connectivity index (χ2n) is 4.09. The van der Waals surface area contributed by atoms with Crippen LogP contribution >= 0.6 is 15.9 Å². The third kappa shape index (κ3) is 2.73. The Labute approximate surface area is 98.4 Å². The molecule has 2 nitrogen and oxygen atoms in total. The van der Waals surface area contributed by atoms with Crippen LogP contribution in [0.5, 0.6) is 5.75 Å². The SMILES string of the molecule is COc1ccc(C(O)CC2CC2)cc1Br. The third-order valence-electron chi connectivity index (χ3n) is 2.81. The van der Waals surface area contributed by atoms with Crippen molar-refractivity contribution >= 4 is 15.9 Å². The van der Waals surface area contributed by atoms with Crippen molar-refractivity contribution in [3.05, 3.63) is 28.2 Å². The van der Waals surface area contributed by atoms with Crippen LogP contribution in [0.3, 0.4) is 0 Å². The van der Waals surface area contributed by atoms with E-state index in [0.717, 1.165) is 28.1 Å². The lowest BCUT2D eigenvalue weighted by atomic mass is 10.0. The number of ether oxygens (including phenoxy) is 1. The molecular formula is C12H15BrO2. The van der Waals surface area contributed by atoms with Gasteiger partial charge in [-0.15, -0.1) is 0 Å². The van der Waals surface area contributed by atoms with Crippen LogP contribution in [0.2, 0.25) is 0 Å². The van der Waals surface area contributed by atoms with Gasteiger partial charge in [-0.05, 0) is 46.0 Å². The average Bonchev–Trinajstić information content (AvgIpc) is 3.01. The van der Waals surface area contributed by atoms with E-state index < -0.39 is 0 Å². The highest BCUT2D eigenvalue weighted by atomic mass is 79.9. The summed E-state index contributed by atoms with van der Waals surface area (Å²) in [6.45, 7) is 0. The molecule has 0 aliphatic heterocycles. The molecule has 1 aromatic rings. The van der Waals surface area contributed by atoms with E-state index in [-0.39, 0.29) is 6.10 Å². The smallest absolute Gasteiger partial charge is 0.133 e. The van der Waals surface area contributed by atoms with Gasteiger partial charge in [-0.25, -0.2) is 0 Å². The van der Waals surface area contributed by atoms with Crippen molar-refractivity contribution in [2.45, 2.75) is 25.4 Å². The fourth-order valence-corrected chi connectivity index (χ4v) is 2.25. The molecular weight excluding hydrogens is 256 g/mol. The fourth-order valence-electron chi connectivity index (χ4n) is 1.70. The van der Waals surface area contributed by atoms with Gasteiger partial charge < -0.3 is 9.84 Å². The van der Waals surface area contributed by atoms with Gasteiger partial charge in [0.2, 0.25) is 0 Å². The molecule has 0 amide bonds. The molecule has 1 atom stereocenters. The van der Waals surface area contributed by atoms with Crippen LogP contribution in [-0.2, 0) is 0 Å². The van der Waals surface area contributed by atoms with Crippen molar-refractivity contribution in [2.75, 3.05) is 7.11 Å². The van der Waals surface area contributed by atoms with Crippen LogP contribution in [0.25, 0.3) is 0 Å². The number of hydrogen-bond acceptors (Lipinski definition) is 2. The van der Waals surface area contributed by atoms with Crippen LogP contribution in [0.15, 0.2) is 22.7 Å². The Kier molecular flexibility index (Phi) is 3.32. The lowest BCUT2D eigenvalue weighted by Gasteiger charge is -2.12. The van der Waals surface area contributed by atoms with Gasteiger partial charge in [0.25, 0.3) is 0 Å². The van der Waals surface area contributed by atoms with Gasteiger partial charge in [-0.2, -0.15) is 0 Å². The topological polar surface area (TPSA) is 29.5 Å². The molecule has 3 heteroatoms. The fraction of sp³-hybridized carbons (Fsp3) is 0.500. The summed E-state index contributed by atoms with van der Waals surface area (Å²) >= 11 is 3.42. The Morgan fingerprint density at radius 1 is 1.53 bits per heavy atom. The van der Waals surface area contributed by atoms with Crippen molar-refractivity contribution in [3.8, 4) is 5.75 Å². The molecule has 15 heavy (non-hydrogen) atoms. The molecule has 1 fully saturated rings. The van der Waals surface area contributed by atoms with Gasteiger partial charge in [0.05, 0.1) is 17.7 Å². The zero-order chi connectivity index (χ0) is 10.8. The number of hydrogen-bond donors (Lipinski definition) is 1. The van der Waals surface area contributed by atoms with Gasteiger partial charge >= 0.3 is 0 Å². The summed E-state index contributed by atoms with van der Waals surface area (Å²) in [5.74, 6) is 1.54. The molecule has 1 unspecified atom stereocenters. The zero-order valence-corrected chi connectivity index (χ0v) is 10.3. The monoisotopic (exact) mass is 270 g/mol. The first kappa shape index (κ1) is 11.0. The maximum Gasteiger partial charge on any atom is 0.133 e. The Hall–Kier alpha value is -0.540. The normalized spacial score (nSPS) is 17.5. The molecule has 1 N–H and O–H groups in total. The number of benzene rings is 1. The van der Waals surface area contributed by atoms with Gasteiger partial charge in [-0.3, -0.25) is 0 Å². The van der Waals surface area contributed by atoms with Gasteiger partial charge in [-0.1, -0.05) is 18.9 Å². The number of halogens is 1. The van der Waals surface area contributed by atoms with Crippen molar-refractivity contribution in [2.24, 2.45) is 5.92 Å². The Morgan fingerprint density at radius 2 is 2.27 bits per heavy atom. The van der Waals surface area contributed by atoms with E-state index in [4.69, 9.17) is 4.74 Å². The summed E-state index contributed by atoms with van der Waals surface area (Å²) in [7, 11) is 1.64. The van der Waals surface area contributed by atoms with Gasteiger partial charge in [0.15, 0.2) is 0 Å². The minimum absolute atomic E-state index is 0.334. The first-order valence-electron chi connectivity index (χ1n) is 5.22. The minimum Gasteiger partial charge on any atom is -0.496 e. The summed E-state index contributed by atoms with van der Waals surface area (Å²) in [6.07, 6.45) is 3.10. The summed E-state index contributed by atoms with van der Waals surface area (Å²) in [4.78, 5) is 0. The first-order valence-corrected chi connectivity index (χ1v) is 6.01. The van der Waals surface area contributed by atoms with Crippen LogP contribution < -0.4 is 4.74 Å². The van der Waals surface area contributed by atoms with Crippen LogP contribution in [0.4, 0.5) is 0 Å². The largest absolute Gasteiger partial charge is 0.496 e. The molecule has 1 aliphatic carbocycles. The molecule has 1 aliphatic rings. The molecule has 0 heterocycles. The second-order valence-corrected chi connectivity index (χ2v) is 4.94. The van der Waals surface area contributed by atoms with Gasteiger partial charge in [0, 0.05) is 0 Å².